The Balaban J connectivity index is 1.70. The van der Waals surface area contributed by atoms with Crippen LogP contribution in [0.1, 0.15) is 16.7 Å². The van der Waals surface area contributed by atoms with Crippen LogP contribution < -0.4 is 0 Å². The maximum Gasteiger partial charge on any atom is 0.416 e. The van der Waals surface area contributed by atoms with Gasteiger partial charge in [0.2, 0.25) is 0 Å². The molecule has 5 aromatic carbocycles. The zero-order chi connectivity index (χ0) is 24.0. The molecule has 0 saturated carbocycles. The zero-order valence-electron chi connectivity index (χ0n) is 18.8. The highest BCUT2D eigenvalue weighted by Gasteiger charge is 2.31. The molecule has 3 heteroatoms. The zero-order valence-corrected chi connectivity index (χ0v) is 18.8. The lowest BCUT2D eigenvalue weighted by Crippen LogP contribution is -2.04. The van der Waals surface area contributed by atoms with Gasteiger partial charge in [-0.3, -0.25) is 0 Å². The van der Waals surface area contributed by atoms with Gasteiger partial charge in [0.1, 0.15) is 0 Å². The van der Waals surface area contributed by atoms with Crippen molar-refractivity contribution in [3.05, 3.63) is 132 Å². The van der Waals surface area contributed by atoms with Gasteiger partial charge in [-0.1, -0.05) is 97.1 Å². The fourth-order valence-corrected chi connectivity index (χ4v) is 5.17. The third kappa shape index (κ3) is 3.74. The Bertz CT molecular complexity index is 1510. The molecule has 0 fully saturated rings. The topological polar surface area (TPSA) is 0 Å². The van der Waals surface area contributed by atoms with E-state index in [-0.39, 0.29) is 0 Å². The number of fused-ring (bicyclic) bond motifs is 3. The molecule has 0 N–H and O–H groups in total. The number of hydrogen-bond donors (Lipinski definition) is 0. The number of halogens is 3. The van der Waals surface area contributed by atoms with Crippen LogP contribution in [0.25, 0.3) is 44.5 Å². The van der Waals surface area contributed by atoms with Gasteiger partial charge in [0, 0.05) is 0 Å². The molecule has 0 atom stereocenters. The summed E-state index contributed by atoms with van der Waals surface area (Å²) in [4.78, 5) is 0. The SMILES string of the molecule is FC(F)(F)c1ccc(-c2cc3c(c(-c4ccccc4)c2-c2ccccc2)Cc2ccccc2-3)cc1. The summed E-state index contributed by atoms with van der Waals surface area (Å²) < 4.78 is 39.9. The summed E-state index contributed by atoms with van der Waals surface area (Å²) in [6.07, 6.45) is -3.55. The predicted molar refractivity (Wildman–Crippen MR) is 136 cm³/mol. The minimum Gasteiger partial charge on any atom is -0.166 e. The Kier molecular flexibility index (Phi) is 5.07. The molecule has 0 nitrogen and oxygen atoms in total. The third-order valence-electron chi connectivity index (χ3n) is 6.76. The van der Waals surface area contributed by atoms with E-state index in [0.29, 0.717) is 0 Å². The summed E-state index contributed by atoms with van der Waals surface area (Å²) in [6.45, 7) is 0. The first-order chi connectivity index (χ1) is 17.0. The van der Waals surface area contributed by atoms with E-state index in [2.05, 4.69) is 48.5 Å². The lowest BCUT2D eigenvalue weighted by atomic mass is 9.82. The van der Waals surface area contributed by atoms with E-state index in [1.54, 1.807) is 12.1 Å². The van der Waals surface area contributed by atoms with Crippen molar-refractivity contribution in [3.8, 4) is 44.5 Å². The third-order valence-corrected chi connectivity index (χ3v) is 6.76. The minimum absolute atomic E-state index is 0.641. The maximum absolute atomic E-state index is 13.3. The molecule has 1 aliphatic carbocycles. The Hall–Kier alpha value is -4.11. The largest absolute Gasteiger partial charge is 0.416 e. The fourth-order valence-electron chi connectivity index (χ4n) is 5.17. The van der Waals surface area contributed by atoms with Crippen molar-refractivity contribution in [2.24, 2.45) is 0 Å². The molecule has 1 aliphatic rings. The Morgan fingerprint density at radius 1 is 0.486 bits per heavy atom. The molecule has 0 amide bonds. The molecule has 0 heterocycles. The summed E-state index contributed by atoms with van der Waals surface area (Å²) in [5.74, 6) is 0. The monoisotopic (exact) mass is 462 g/mol. The number of benzene rings is 5. The molecule has 170 valence electrons. The van der Waals surface area contributed by atoms with Crippen LogP contribution in [0.15, 0.2) is 115 Å². The summed E-state index contributed by atoms with van der Waals surface area (Å²) >= 11 is 0. The van der Waals surface area contributed by atoms with Crippen LogP contribution in [0.5, 0.6) is 0 Å². The highest BCUT2D eigenvalue weighted by atomic mass is 19.4. The Morgan fingerprint density at radius 3 is 1.69 bits per heavy atom. The van der Waals surface area contributed by atoms with E-state index in [1.165, 1.54) is 28.8 Å². The lowest BCUT2D eigenvalue weighted by molar-refractivity contribution is -0.137. The Labute approximate surface area is 202 Å². The van der Waals surface area contributed by atoms with Crippen molar-refractivity contribution >= 4 is 0 Å². The van der Waals surface area contributed by atoms with Gasteiger partial charge >= 0.3 is 6.18 Å². The van der Waals surface area contributed by atoms with Crippen molar-refractivity contribution < 1.29 is 13.2 Å². The molecule has 0 saturated heterocycles. The van der Waals surface area contributed by atoms with Crippen molar-refractivity contribution in [1.29, 1.82) is 0 Å². The molecular weight excluding hydrogens is 441 g/mol. The number of rotatable bonds is 3. The molecule has 0 aliphatic heterocycles. The van der Waals surface area contributed by atoms with Crippen LogP contribution in [0.2, 0.25) is 0 Å². The highest BCUT2D eigenvalue weighted by Crippen LogP contribution is 2.50. The molecule has 0 bridgehead atoms. The normalized spacial score (nSPS) is 12.3. The second-order valence-corrected chi connectivity index (χ2v) is 8.84. The molecule has 0 radical (unpaired) electrons. The lowest BCUT2D eigenvalue weighted by Gasteiger charge is -2.21. The first kappa shape index (κ1) is 21.4. The average molecular weight is 463 g/mol. The van der Waals surface area contributed by atoms with E-state index in [1.807, 2.05) is 42.5 Å². The second-order valence-electron chi connectivity index (χ2n) is 8.84. The van der Waals surface area contributed by atoms with E-state index in [9.17, 15) is 13.2 Å². The van der Waals surface area contributed by atoms with E-state index in [0.717, 1.165) is 45.4 Å². The van der Waals surface area contributed by atoms with E-state index in [4.69, 9.17) is 0 Å². The summed E-state index contributed by atoms with van der Waals surface area (Å²) in [5, 5.41) is 0. The summed E-state index contributed by atoms with van der Waals surface area (Å²) in [7, 11) is 0. The van der Waals surface area contributed by atoms with Crippen molar-refractivity contribution in [2.75, 3.05) is 0 Å². The maximum atomic E-state index is 13.3. The fraction of sp³-hybridized carbons (Fsp3) is 0.0625. The molecule has 0 unspecified atom stereocenters. The predicted octanol–water partition coefficient (Wildman–Crippen LogP) is 9.28. The molecule has 6 rings (SSSR count). The first-order valence-electron chi connectivity index (χ1n) is 11.6. The molecule has 5 aromatic rings. The first-order valence-corrected chi connectivity index (χ1v) is 11.6. The van der Waals surface area contributed by atoms with Crippen LogP contribution in [0.4, 0.5) is 13.2 Å². The van der Waals surface area contributed by atoms with Gasteiger partial charge < -0.3 is 0 Å². The van der Waals surface area contributed by atoms with Crippen LogP contribution in [0.3, 0.4) is 0 Å². The molecule has 0 spiro atoms. The van der Waals surface area contributed by atoms with Gasteiger partial charge in [0.25, 0.3) is 0 Å². The van der Waals surface area contributed by atoms with Crippen LogP contribution in [-0.4, -0.2) is 0 Å². The highest BCUT2D eigenvalue weighted by molar-refractivity contribution is 6.01. The standard InChI is InChI=1S/C32H21F3/c33-32(34,35)25-17-15-21(16-18-25)27-20-28-26-14-8-7-13-24(26)19-29(28)31(23-11-5-2-6-12-23)30(27)22-9-3-1-4-10-22/h1-18,20H,19H2. The van der Waals surface area contributed by atoms with Crippen LogP contribution in [-0.2, 0) is 12.6 Å². The van der Waals surface area contributed by atoms with Crippen molar-refractivity contribution in [2.45, 2.75) is 12.6 Å². The van der Waals surface area contributed by atoms with E-state index >= 15 is 0 Å². The van der Waals surface area contributed by atoms with Crippen molar-refractivity contribution in [3.63, 3.8) is 0 Å². The molecular formula is C32H21F3. The number of hydrogen-bond acceptors (Lipinski definition) is 0. The summed E-state index contributed by atoms with van der Waals surface area (Å²) in [5.41, 5.74) is 10.2. The quantitative estimate of drug-likeness (QED) is 0.246. The van der Waals surface area contributed by atoms with Crippen molar-refractivity contribution in [1.82, 2.24) is 0 Å². The van der Waals surface area contributed by atoms with Crippen LogP contribution in [0, 0.1) is 0 Å². The van der Waals surface area contributed by atoms with Gasteiger partial charge in [-0.05, 0) is 80.3 Å². The van der Waals surface area contributed by atoms with Gasteiger partial charge in [0.15, 0.2) is 0 Å². The van der Waals surface area contributed by atoms with E-state index < -0.39 is 11.7 Å². The van der Waals surface area contributed by atoms with Crippen LogP contribution >= 0.6 is 0 Å². The average Bonchev–Trinajstić information content (AvgIpc) is 3.26. The smallest absolute Gasteiger partial charge is 0.166 e. The molecule has 35 heavy (non-hydrogen) atoms. The second kappa shape index (κ2) is 8.28. The minimum atomic E-state index is -4.37. The van der Waals surface area contributed by atoms with Gasteiger partial charge in [-0.2, -0.15) is 13.2 Å². The summed E-state index contributed by atoms with van der Waals surface area (Å²) in [6, 6.07) is 36.5. The van der Waals surface area contributed by atoms with Gasteiger partial charge in [0.05, 0.1) is 5.56 Å². The molecule has 0 aromatic heterocycles. The van der Waals surface area contributed by atoms with Gasteiger partial charge in [-0.15, -0.1) is 0 Å². The van der Waals surface area contributed by atoms with Gasteiger partial charge in [-0.25, -0.2) is 0 Å². The number of alkyl halides is 3. The Morgan fingerprint density at radius 2 is 1.06 bits per heavy atom.